The van der Waals surface area contributed by atoms with Crippen LogP contribution in [0.1, 0.15) is 25.0 Å². The molecule has 1 amide bonds. The number of non-ortho nitro benzene ring substituents is 1. The first-order valence-corrected chi connectivity index (χ1v) is 17.2. The smallest absolute Gasteiger partial charge is 0.345 e. The van der Waals surface area contributed by atoms with Gasteiger partial charge >= 0.3 is 23.9 Å². The summed E-state index contributed by atoms with van der Waals surface area (Å²) < 4.78 is 24.2. The lowest BCUT2D eigenvalue weighted by Gasteiger charge is -2.50. The number of amides is 1. The molecule has 5 rings (SSSR count). The van der Waals surface area contributed by atoms with Gasteiger partial charge < -0.3 is 23.7 Å². The Labute approximate surface area is 304 Å². The molecule has 0 saturated carbocycles. The first-order chi connectivity index (χ1) is 24.2. The topological polar surface area (TPSA) is 178 Å². The molecule has 2 aromatic carbocycles. The molecule has 0 unspecified atom stereocenters. The van der Waals surface area contributed by atoms with Gasteiger partial charge in [-0.15, -0.1) is 0 Å². The van der Waals surface area contributed by atoms with E-state index in [1.54, 1.807) is 32.0 Å². The number of carbonyl (C=O) groups excluding carboxylic acids is 5. The summed E-state index contributed by atoms with van der Waals surface area (Å²) in [5.41, 5.74) is 0.0810. The van der Waals surface area contributed by atoms with E-state index in [1.165, 1.54) is 48.4 Å². The summed E-state index contributed by atoms with van der Waals surface area (Å²) in [6, 6.07) is 10.6. The second-order valence-electron chi connectivity index (χ2n) is 11.3. The summed E-state index contributed by atoms with van der Waals surface area (Å²) in [6.07, 6.45) is 2.83. The van der Waals surface area contributed by atoms with Gasteiger partial charge in [0, 0.05) is 34.3 Å². The zero-order chi connectivity index (χ0) is 37.4. The standard InChI is InChI=1S/C34H30N2O12S3/c1-33(2)28-23(20-16-19(44-3)13-14-21(20)35(33)22(37)15-10-17-8-11-18(12-9-17)36(42)43)34(24(29(38)45-4)25(49-28)30(39)46-5)50-26(31(40)47-6)27(51-34)32(41)48-7/h8-16H,1-7H3/b15-10+. The average molecular weight is 755 g/mol. The maximum atomic E-state index is 14.3. The summed E-state index contributed by atoms with van der Waals surface area (Å²) in [7, 11) is 5.99. The highest BCUT2D eigenvalue weighted by molar-refractivity contribution is 8.26. The van der Waals surface area contributed by atoms with Crippen molar-refractivity contribution < 1.29 is 52.6 Å². The van der Waals surface area contributed by atoms with Crippen LogP contribution < -0.4 is 9.64 Å². The third-order valence-electron chi connectivity index (χ3n) is 8.09. The van der Waals surface area contributed by atoms with E-state index in [-0.39, 0.29) is 26.0 Å². The molecule has 0 atom stereocenters. The molecular weight excluding hydrogens is 725 g/mol. The second-order valence-corrected chi connectivity index (χ2v) is 15.0. The number of nitro benzene ring substituents is 1. The number of anilines is 1. The lowest BCUT2D eigenvalue weighted by Crippen LogP contribution is -2.53. The Morgan fingerprint density at radius 3 is 1.84 bits per heavy atom. The number of nitrogens with zero attached hydrogens (tertiary/aromatic N) is 2. The molecule has 0 N–H and O–H groups in total. The predicted octanol–water partition coefficient (Wildman–Crippen LogP) is 5.23. The third kappa shape index (κ3) is 6.29. The summed E-state index contributed by atoms with van der Waals surface area (Å²) >= 11 is 2.52. The lowest BCUT2D eigenvalue weighted by atomic mass is 9.83. The molecule has 2 aromatic rings. The molecule has 14 nitrogen and oxygen atoms in total. The van der Waals surface area contributed by atoms with Gasteiger partial charge in [0.1, 0.15) is 24.5 Å². The van der Waals surface area contributed by atoms with Gasteiger partial charge in [-0.1, -0.05) is 35.3 Å². The van der Waals surface area contributed by atoms with Crippen molar-refractivity contribution in [2.75, 3.05) is 40.4 Å². The molecule has 3 aliphatic rings. The maximum Gasteiger partial charge on any atom is 0.345 e. The Morgan fingerprint density at radius 1 is 0.784 bits per heavy atom. The number of carbonyl (C=O) groups is 5. The number of nitro groups is 1. The van der Waals surface area contributed by atoms with E-state index in [9.17, 15) is 34.1 Å². The number of thioether (sulfide) groups is 3. The number of rotatable bonds is 8. The summed E-state index contributed by atoms with van der Waals surface area (Å²) in [6.45, 7) is 3.48. The lowest BCUT2D eigenvalue weighted by molar-refractivity contribution is -0.384. The van der Waals surface area contributed by atoms with E-state index in [4.69, 9.17) is 23.7 Å². The second kappa shape index (κ2) is 14.3. The van der Waals surface area contributed by atoms with Gasteiger partial charge in [-0.25, -0.2) is 19.2 Å². The van der Waals surface area contributed by atoms with Gasteiger partial charge in [0.15, 0.2) is 0 Å². The van der Waals surface area contributed by atoms with E-state index in [2.05, 4.69) is 0 Å². The highest BCUT2D eigenvalue weighted by Crippen LogP contribution is 2.71. The molecule has 17 heteroatoms. The van der Waals surface area contributed by atoms with Crippen LogP contribution in [0.15, 0.2) is 73.7 Å². The summed E-state index contributed by atoms with van der Waals surface area (Å²) in [5.74, 6) is -3.73. The van der Waals surface area contributed by atoms with Crippen molar-refractivity contribution in [2.24, 2.45) is 0 Å². The number of benzene rings is 2. The first kappa shape index (κ1) is 37.3. The average Bonchev–Trinajstić information content (AvgIpc) is 3.52. The van der Waals surface area contributed by atoms with Crippen molar-refractivity contribution in [1.82, 2.24) is 0 Å². The van der Waals surface area contributed by atoms with Crippen molar-refractivity contribution >= 4 is 88.1 Å². The normalized spacial score (nSPS) is 17.2. The van der Waals surface area contributed by atoms with Crippen molar-refractivity contribution in [2.45, 2.75) is 23.5 Å². The number of hydrogen-bond acceptors (Lipinski definition) is 15. The van der Waals surface area contributed by atoms with E-state index in [1.807, 2.05) is 0 Å². The molecule has 266 valence electrons. The van der Waals surface area contributed by atoms with Crippen LogP contribution >= 0.6 is 35.3 Å². The number of ether oxygens (including phenoxy) is 5. The third-order valence-corrected chi connectivity index (χ3v) is 12.7. The van der Waals surface area contributed by atoms with Gasteiger partial charge in [-0.2, -0.15) is 0 Å². The molecule has 3 heterocycles. The van der Waals surface area contributed by atoms with Gasteiger partial charge in [-0.05, 0) is 55.8 Å². The van der Waals surface area contributed by atoms with Crippen molar-refractivity contribution in [3.63, 3.8) is 0 Å². The van der Waals surface area contributed by atoms with Crippen LogP contribution in [0.5, 0.6) is 5.75 Å². The van der Waals surface area contributed by atoms with Crippen molar-refractivity contribution in [3.8, 4) is 5.75 Å². The van der Waals surface area contributed by atoms with Crippen molar-refractivity contribution in [3.05, 3.63) is 95.0 Å². The number of fused-ring (bicyclic) bond motifs is 3. The van der Waals surface area contributed by atoms with Crippen LogP contribution in [0.4, 0.5) is 11.4 Å². The minimum atomic E-state index is -1.76. The Kier molecular flexibility index (Phi) is 10.5. The Morgan fingerprint density at radius 2 is 1.33 bits per heavy atom. The quantitative estimate of drug-likeness (QED) is 0.112. The Hall–Kier alpha value is -5.00. The number of esters is 4. The zero-order valence-electron chi connectivity index (χ0n) is 28.2. The SMILES string of the molecule is COC(=O)C1=C(C(=O)OC)SC2(S1)C(C(=O)OC)=C(C(=O)OC)SC1=C2c2cc(OC)ccc2N(C(=O)/C=C/c2ccc([N+](=O)[O-])cc2)C1(C)C. The highest BCUT2D eigenvalue weighted by atomic mass is 32.2. The zero-order valence-corrected chi connectivity index (χ0v) is 30.7. The van der Waals surface area contributed by atoms with E-state index < -0.39 is 44.3 Å². The van der Waals surface area contributed by atoms with Crippen LogP contribution in [0.25, 0.3) is 11.6 Å². The fraction of sp³-hybridized carbons (Fsp3) is 0.265. The van der Waals surface area contributed by atoms with Gasteiger partial charge in [0.25, 0.3) is 11.6 Å². The molecule has 0 radical (unpaired) electrons. The Balaban J connectivity index is 1.80. The number of methoxy groups -OCH3 is 5. The maximum absolute atomic E-state index is 14.3. The molecule has 1 spiro atoms. The summed E-state index contributed by atoms with van der Waals surface area (Å²) in [5, 5.41) is 11.1. The number of hydrogen-bond donors (Lipinski definition) is 0. The largest absolute Gasteiger partial charge is 0.497 e. The molecule has 0 saturated heterocycles. The van der Waals surface area contributed by atoms with E-state index in [0.717, 1.165) is 63.7 Å². The monoisotopic (exact) mass is 754 g/mol. The highest BCUT2D eigenvalue weighted by Gasteiger charge is 2.61. The van der Waals surface area contributed by atoms with Gasteiger partial charge in [0.2, 0.25) is 0 Å². The molecule has 51 heavy (non-hydrogen) atoms. The van der Waals surface area contributed by atoms with E-state index in [0.29, 0.717) is 33.0 Å². The molecular formula is C34H30N2O12S3. The van der Waals surface area contributed by atoms with Crippen LogP contribution in [-0.2, 0) is 42.9 Å². The Bertz CT molecular complexity index is 1990. The summed E-state index contributed by atoms with van der Waals surface area (Å²) in [4.78, 5) is 80.1. The molecule has 3 aliphatic heterocycles. The fourth-order valence-corrected chi connectivity index (χ4v) is 10.8. The molecule has 0 bridgehead atoms. The first-order valence-electron chi connectivity index (χ1n) is 14.8. The van der Waals surface area contributed by atoms with Crippen LogP contribution in [0.2, 0.25) is 0 Å². The van der Waals surface area contributed by atoms with Crippen molar-refractivity contribution in [1.29, 1.82) is 0 Å². The predicted molar refractivity (Wildman–Crippen MR) is 191 cm³/mol. The molecule has 0 aliphatic carbocycles. The molecule has 0 fully saturated rings. The minimum absolute atomic E-state index is 0.107. The van der Waals surface area contributed by atoms with Crippen LogP contribution in [-0.4, -0.2) is 79.9 Å². The van der Waals surface area contributed by atoms with E-state index >= 15 is 0 Å². The van der Waals surface area contributed by atoms with Crippen LogP contribution in [0, 0.1) is 10.1 Å². The molecule has 0 aromatic heterocycles. The fourth-order valence-electron chi connectivity index (χ4n) is 5.77. The van der Waals surface area contributed by atoms with Gasteiger partial charge in [-0.3, -0.25) is 19.8 Å². The van der Waals surface area contributed by atoms with Crippen LogP contribution in [0.3, 0.4) is 0 Å². The minimum Gasteiger partial charge on any atom is -0.497 e. The van der Waals surface area contributed by atoms with Gasteiger partial charge in [0.05, 0.1) is 57.3 Å².